The third-order valence-electron chi connectivity index (χ3n) is 1.91. The first-order valence-electron chi connectivity index (χ1n) is 4.66. The van der Waals surface area contributed by atoms with Crippen LogP contribution in [0.15, 0.2) is 40.6 Å². The molecule has 16 heavy (non-hydrogen) atoms. The summed E-state index contributed by atoms with van der Waals surface area (Å²) >= 11 is 7.48. The van der Waals surface area contributed by atoms with Crippen LogP contribution in [0.2, 0.25) is 5.02 Å². The molecule has 2 rings (SSSR count). The van der Waals surface area contributed by atoms with E-state index in [9.17, 15) is 0 Å². The van der Waals surface area contributed by atoms with E-state index in [4.69, 9.17) is 17.3 Å². The molecule has 2 N–H and O–H groups in total. The van der Waals surface area contributed by atoms with Crippen molar-refractivity contribution in [3.63, 3.8) is 0 Å². The van der Waals surface area contributed by atoms with E-state index in [2.05, 4.69) is 9.97 Å². The first-order valence-corrected chi connectivity index (χ1v) is 5.86. The van der Waals surface area contributed by atoms with Crippen LogP contribution in [-0.2, 0) is 0 Å². The van der Waals surface area contributed by atoms with Gasteiger partial charge in [-0.2, -0.15) is 0 Å². The molecule has 0 saturated carbocycles. The molecular formula is C11H10ClN3S. The normalized spacial score (nSPS) is 10.4. The maximum atomic E-state index is 6.05. The van der Waals surface area contributed by atoms with Gasteiger partial charge in [-0.3, -0.25) is 0 Å². The highest BCUT2D eigenvalue weighted by atomic mass is 35.5. The van der Waals surface area contributed by atoms with Crippen LogP contribution in [0.1, 0.15) is 5.56 Å². The van der Waals surface area contributed by atoms with Gasteiger partial charge in [0.2, 0.25) is 0 Å². The first-order chi connectivity index (χ1) is 7.65. The average molecular weight is 252 g/mol. The molecule has 2 aromatic rings. The maximum Gasteiger partial charge on any atom is 0.192 e. The number of nitrogen functional groups attached to an aromatic ring is 1. The fourth-order valence-electron chi connectivity index (χ4n) is 1.13. The van der Waals surface area contributed by atoms with Crippen molar-refractivity contribution in [3.05, 3.63) is 41.2 Å². The summed E-state index contributed by atoms with van der Waals surface area (Å²) in [4.78, 5) is 9.30. The summed E-state index contributed by atoms with van der Waals surface area (Å²) < 4.78 is 0. The number of anilines is 1. The van der Waals surface area contributed by atoms with Crippen LogP contribution in [0, 0.1) is 6.92 Å². The molecule has 1 heterocycles. The fourth-order valence-corrected chi connectivity index (χ4v) is 2.14. The second-order valence-electron chi connectivity index (χ2n) is 3.33. The highest BCUT2D eigenvalue weighted by molar-refractivity contribution is 7.99. The maximum absolute atomic E-state index is 6.05. The number of nitrogens with two attached hydrogens (primary N) is 1. The number of benzene rings is 1. The number of hydrogen-bond acceptors (Lipinski definition) is 4. The second kappa shape index (κ2) is 4.72. The molecule has 0 aliphatic rings. The number of aryl methyl sites for hydroxylation is 1. The summed E-state index contributed by atoms with van der Waals surface area (Å²) in [6, 6.07) is 5.39. The van der Waals surface area contributed by atoms with Crippen molar-refractivity contribution in [2.75, 3.05) is 5.73 Å². The van der Waals surface area contributed by atoms with Crippen LogP contribution in [0.4, 0.5) is 5.69 Å². The summed E-state index contributed by atoms with van der Waals surface area (Å²) in [5.74, 6) is 0. The van der Waals surface area contributed by atoms with Crippen molar-refractivity contribution in [1.82, 2.24) is 9.97 Å². The highest BCUT2D eigenvalue weighted by Gasteiger charge is 2.04. The summed E-state index contributed by atoms with van der Waals surface area (Å²) in [5.41, 5.74) is 7.30. The van der Waals surface area contributed by atoms with Gasteiger partial charge in [-0.25, -0.2) is 9.97 Å². The molecular weight excluding hydrogens is 242 g/mol. The number of aromatic nitrogens is 2. The summed E-state index contributed by atoms with van der Waals surface area (Å²) in [5, 5.41) is 1.30. The van der Waals surface area contributed by atoms with Crippen LogP contribution in [0.5, 0.6) is 0 Å². The first kappa shape index (κ1) is 11.2. The Morgan fingerprint density at radius 2 is 1.94 bits per heavy atom. The zero-order valence-electron chi connectivity index (χ0n) is 8.64. The van der Waals surface area contributed by atoms with E-state index in [-0.39, 0.29) is 0 Å². The van der Waals surface area contributed by atoms with Gasteiger partial charge in [-0.15, -0.1) is 0 Å². The quantitative estimate of drug-likeness (QED) is 0.658. The van der Waals surface area contributed by atoms with Crippen LogP contribution >= 0.6 is 23.4 Å². The lowest BCUT2D eigenvalue weighted by atomic mass is 10.3. The molecule has 82 valence electrons. The second-order valence-corrected chi connectivity index (χ2v) is 4.75. The lowest BCUT2D eigenvalue weighted by Gasteiger charge is -2.03. The van der Waals surface area contributed by atoms with Crippen molar-refractivity contribution < 1.29 is 0 Å². The van der Waals surface area contributed by atoms with E-state index >= 15 is 0 Å². The molecule has 0 unspecified atom stereocenters. The minimum absolute atomic E-state index is 0.620. The number of hydrogen-bond donors (Lipinski definition) is 1. The lowest BCUT2D eigenvalue weighted by molar-refractivity contribution is 0.950. The Hall–Kier alpha value is -1.26. The Morgan fingerprint density at radius 1 is 1.25 bits per heavy atom. The molecule has 0 atom stereocenters. The highest BCUT2D eigenvalue weighted by Crippen LogP contribution is 2.32. The SMILES string of the molecule is Cc1cnc(Sc2ccc(N)cc2Cl)nc1. The minimum Gasteiger partial charge on any atom is -0.399 e. The third kappa shape index (κ3) is 2.65. The van der Waals surface area contributed by atoms with Crippen molar-refractivity contribution in [2.24, 2.45) is 0 Å². The van der Waals surface area contributed by atoms with Crippen LogP contribution in [0.3, 0.4) is 0 Å². The van der Waals surface area contributed by atoms with Gasteiger partial charge < -0.3 is 5.73 Å². The monoisotopic (exact) mass is 251 g/mol. The molecule has 1 aromatic carbocycles. The minimum atomic E-state index is 0.620. The van der Waals surface area contributed by atoms with Crippen LogP contribution < -0.4 is 5.73 Å². The van der Waals surface area contributed by atoms with E-state index in [0.717, 1.165) is 10.5 Å². The van der Waals surface area contributed by atoms with E-state index in [1.165, 1.54) is 11.8 Å². The van der Waals surface area contributed by atoms with Gasteiger partial charge in [-0.05, 0) is 42.4 Å². The Balaban J connectivity index is 2.23. The zero-order chi connectivity index (χ0) is 11.5. The molecule has 0 fully saturated rings. The Kier molecular flexibility index (Phi) is 3.31. The average Bonchev–Trinajstić information content (AvgIpc) is 2.25. The van der Waals surface area contributed by atoms with E-state index in [1.54, 1.807) is 18.5 Å². The number of halogens is 1. The molecule has 0 spiro atoms. The Labute approximate surface area is 103 Å². The van der Waals surface area contributed by atoms with Gasteiger partial charge in [0.15, 0.2) is 5.16 Å². The molecule has 0 saturated heterocycles. The summed E-state index contributed by atoms with van der Waals surface area (Å²) in [7, 11) is 0. The van der Waals surface area contributed by atoms with Gasteiger partial charge in [0.05, 0.1) is 5.02 Å². The fraction of sp³-hybridized carbons (Fsp3) is 0.0909. The van der Waals surface area contributed by atoms with Gasteiger partial charge in [0.25, 0.3) is 0 Å². The van der Waals surface area contributed by atoms with Crippen LogP contribution in [0.25, 0.3) is 0 Å². The van der Waals surface area contributed by atoms with Crippen LogP contribution in [-0.4, -0.2) is 9.97 Å². The molecule has 5 heteroatoms. The number of rotatable bonds is 2. The Bertz CT molecular complexity index is 499. The summed E-state index contributed by atoms with van der Waals surface area (Å²) in [6.45, 7) is 1.95. The standard InChI is InChI=1S/C11H10ClN3S/c1-7-5-14-11(15-6-7)16-10-3-2-8(13)4-9(10)12/h2-6H,13H2,1H3. The molecule has 0 bridgehead atoms. The van der Waals surface area contributed by atoms with Gasteiger partial charge in [0, 0.05) is 23.0 Å². The lowest BCUT2D eigenvalue weighted by Crippen LogP contribution is -1.88. The predicted octanol–water partition coefficient (Wildman–Crippen LogP) is 3.17. The summed E-state index contributed by atoms with van der Waals surface area (Å²) in [6.07, 6.45) is 3.56. The molecule has 1 aromatic heterocycles. The molecule has 0 aliphatic heterocycles. The van der Waals surface area contributed by atoms with Crippen molar-refractivity contribution in [1.29, 1.82) is 0 Å². The smallest absolute Gasteiger partial charge is 0.192 e. The molecule has 0 amide bonds. The largest absolute Gasteiger partial charge is 0.399 e. The number of nitrogens with zero attached hydrogens (tertiary/aromatic N) is 2. The van der Waals surface area contributed by atoms with E-state index < -0.39 is 0 Å². The van der Waals surface area contributed by atoms with Gasteiger partial charge >= 0.3 is 0 Å². The zero-order valence-corrected chi connectivity index (χ0v) is 10.2. The van der Waals surface area contributed by atoms with Gasteiger partial charge in [0.1, 0.15) is 0 Å². The van der Waals surface area contributed by atoms with E-state index in [1.807, 2.05) is 19.1 Å². The Morgan fingerprint density at radius 3 is 2.56 bits per heavy atom. The van der Waals surface area contributed by atoms with Crippen molar-refractivity contribution >= 4 is 29.1 Å². The predicted molar refractivity (Wildman–Crippen MR) is 66.8 cm³/mol. The third-order valence-corrected chi connectivity index (χ3v) is 3.31. The van der Waals surface area contributed by atoms with E-state index in [0.29, 0.717) is 15.9 Å². The van der Waals surface area contributed by atoms with Crippen molar-refractivity contribution in [2.45, 2.75) is 17.0 Å². The topological polar surface area (TPSA) is 51.8 Å². The molecule has 0 aliphatic carbocycles. The van der Waals surface area contributed by atoms with Gasteiger partial charge in [-0.1, -0.05) is 11.6 Å². The molecule has 0 radical (unpaired) electrons. The van der Waals surface area contributed by atoms with Crippen molar-refractivity contribution in [3.8, 4) is 0 Å². The molecule has 3 nitrogen and oxygen atoms in total.